The number of unbranched alkanes of at least 4 members (excludes halogenated alkanes) is 10. The van der Waals surface area contributed by atoms with Gasteiger partial charge in [0.25, 0.3) is 0 Å². The van der Waals surface area contributed by atoms with Gasteiger partial charge in [0.2, 0.25) is 0 Å². The van der Waals surface area contributed by atoms with Gasteiger partial charge in [-0.1, -0.05) is 163 Å². The summed E-state index contributed by atoms with van der Waals surface area (Å²) in [4.78, 5) is 0. The number of para-hydroxylation sites is 2. The Morgan fingerprint density at radius 1 is 0.370 bits per heavy atom. The fourth-order valence-electron chi connectivity index (χ4n) is 6.15. The minimum absolute atomic E-state index is 0.683. The van der Waals surface area contributed by atoms with E-state index in [0.717, 1.165) is 69.6 Å². The van der Waals surface area contributed by atoms with Crippen LogP contribution >= 0.6 is 0 Å². The van der Waals surface area contributed by atoms with Crippen LogP contribution in [0.1, 0.15) is 113 Å². The van der Waals surface area contributed by atoms with E-state index >= 15 is 0 Å². The number of benzene rings is 5. The van der Waals surface area contributed by atoms with E-state index in [1.807, 2.05) is 84.9 Å². The van der Waals surface area contributed by atoms with Crippen molar-refractivity contribution in [2.45, 2.75) is 90.9 Å². The molecule has 0 radical (unpaired) electrons. The lowest BCUT2D eigenvalue weighted by Gasteiger charge is -2.16. The van der Waals surface area contributed by atoms with Crippen molar-refractivity contribution in [3.8, 4) is 34.5 Å². The molecule has 0 saturated heterocycles. The number of hydrogen-bond donors (Lipinski definition) is 0. The van der Waals surface area contributed by atoms with Crippen LogP contribution < -0.4 is 18.9 Å². The van der Waals surface area contributed by atoms with Crippen LogP contribution in [0, 0.1) is 0 Å². The van der Waals surface area contributed by atoms with Gasteiger partial charge in [0.1, 0.15) is 34.5 Å². The Kier molecular flexibility index (Phi) is 17.4. The minimum atomic E-state index is 0.683. The van der Waals surface area contributed by atoms with Crippen LogP contribution in [0.5, 0.6) is 34.5 Å². The van der Waals surface area contributed by atoms with Crippen LogP contribution in [-0.4, -0.2) is 13.2 Å². The molecule has 0 fully saturated rings. The normalized spacial score (nSPS) is 11.3. The first-order valence-corrected chi connectivity index (χ1v) is 20.2. The predicted octanol–water partition coefficient (Wildman–Crippen LogP) is 15.1. The van der Waals surface area contributed by atoms with Gasteiger partial charge in [0.05, 0.1) is 13.2 Å². The monoisotopic (exact) mass is 722 g/mol. The van der Waals surface area contributed by atoms with Crippen molar-refractivity contribution in [2.24, 2.45) is 0 Å². The van der Waals surface area contributed by atoms with E-state index in [1.54, 1.807) is 0 Å². The van der Waals surface area contributed by atoms with Crippen LogP contribution in [0.4, 0.5) is 0 Å². The molecule has 0 heterocycles. The molecule has 5 aromatic rings. The smallest absolute Gasteiger partial charge is 0.127 e. The molecule has 4 nitrogen and oxygen atoms in total. The molecule has 282 valence electrons. The van der Waals surface area contributed by atoms with Crippen molar-refractivity contribution in [3.63, 3.8) is 0 Å². The first-order chi connectivity index (χ1) is 26.7. The Hall–Kier alpha value is -5.22. The van der Waals surface area contributed by atoms with Gasteiger partial charge in [-0.3, -0.25) is 0 Å². The van der Waals surface area contributed by atoms with Crippen LogP contribution in [0.15, 0.2) is 121 Å². The fraction of sp³-hybridized carbons (Fsp3) is 0.320. The van der Waals surface area contributed by atoms with Gasteiger partial charge in [0.15, 0.2) is 0 Å². The Labute approximate surface area is 324 Å². The quantitative estimate of drug-likeness (QED) is 0.0469. The zero-order valence-corrected chi connectivity index (χ0v) is 32.4. The number of rotatable bonds is 24. The average Bonchev–Trinajstić information content (AvgIpc) is 3.21. The summed E-state index contributed by atoms with van der Waals surface area (Å²) in [6.07, 6.45) is 23.2. The molecule has 5 rings (SSSR count). The highest BCUT2D eigenvalue weighted by molar-refractivity contribution is 5.79. The third-order valence-corrected chi connectivity index (χ3v) is 9.28. The molecular weight excluding hydrogens is 665 g/mol. The Morgan fingerprint density at radius 2 is 0.722 bits per heavy atom. The molecule has 5 aromatic carbocycles. The van der Waals surface area contributed by atoms with Gasteiger partial charge in [-0.05, 0) is 84.6 Å². The van der Waals surface area contributed by atoms with Crippen molar-refractivity contribution in [1.82, 2.24) is 0 Å². The van der Waals surface area contributed by atoms with E-state index < -0.39 is 0 Å². The second-order valence-electron chi connectivity index (χ2n) is 13.8. The Morgan fingerprint density at radius 3 is 1.11 bits per heavy atom. The average molecular weight is 723 g/mol. The van der Waals surface area contributed by atoms with Crippen molar-refractivity contribution < 1.29 is 18.9 Å². The molecule has 0 amide bonds. The summed E-state index contributed by atoms with van der Waals surface area (Å²) in [5, 5.41) is 0. The van der Waals surface area contributed by atoms with Crippen molar-refractivity contribution in [3.05, 3.63) is 144 Å². The predicted molar refractivity (Wildman–Crippen MR) is 228 cm³/mol. The van der Waals surface area contributed by atoms with Gasteiger partial charge in [-0.25, -0.2) is 0 Å². The molecule has 0 aliphatic carbocycles. The summed E-state index contributed by atoms with van der Waals surface area (Å²) in [6, 6.07) is 40.4. The topological polar surface area (TPSA) is 36.9 Å². The third-order valence-electron chi connectivity index (χ3n) is 9.28. The molecule has 0 aliphatic heterocycles. The maximum Gasteiger partial charge on any atom is 0.127 e. The molecule has 0 spiro atoms. The van der Waals surface area contributed by atoms with Gasteiger partial charge in [-0.2, -0.15) is 0 Å². The number of ether oxygens (including phenoxy) is 4. The highest BCUT2D eigenvalue weighted by Crippen LogP contribution is 2.33. The Bertz CT molecular complexity index is 1670. The molecule has 0 unspecified atom stereocenters. The van der Waals surface area contributed by atoms with Crippen molar-refractivity contribution >= 4 is 24.3 Å². The molecule has 0 atom stereocenters. The third kappa shape index (κ3) is 14.3. The van der Waals surface area contributed by atoms with Crippen LogP contribution in [0.3, 0.4) is 0 Å². The zero-order chi connectivity index (χ0) is 37.5. The van der Waals surface area contributed by atoms with E-state index in [9.17, 15) is 0 Å². The zero-order valence-electron chi connectivity index (χ0n) is 32.4. The second-order valence-corrected chi connectivity index (χ2v) is 13.8. The molecule has 0 aliphatic rings. The van der Waals surface area contributed by atoms with E-state index in [0.29, 0.717) is 13.2 Å². The minimum Gasteiger partial charge on any atom is -0.493 e. The molecule has 54 heavy (non-hydrogen) atoms. The summed E-state index contributed by atoms with van der Waals surface area (Å²) >= 11 is 0. The first kappa shape index (κ1) is 40.0. The van der Waals surface area contributed by atoms with E-state index in [1.165, 1.54) is 64.2 Å². The molecule has 0 N–H and O–H groups in total. The lowest BCUT2D eigenvalue weighted by Crippen LogP contribution is -2.03. The largest absolute Gasteiger partial charge is 0.493 e. The summed E-state index contributed by atoms with van der Waals surface area (Å²) in [7, 11) is 0. The van der Waals surface area contributed by atoms with Crippen molar-refractivity contribution in [1.29, 1.82) is 0 Å². The standard InChI is InChI=1S/C50H58O4/c1-3-5-7-9-11-19-37-51-49-39-44(32-26-42-29-35-48(36-30-42)54-46-23-17-14-18-24-46)50(52-38-20-12-10-8-6-4-2)40-43(49)31-25-41-27-33-47(34-28-41)53-45-21-15-13-16-22-45/h13-18,21-36,39-40H,3-12,19-20,37-38H2,1-2H3/b31-25+,32-26+. The van der Waals surface area contributed by atoms with Gasteiger partial charge >= 0.3 is 0 Å². The Balaban J connectivity index is 1.36. The summed E-state index contributed by atoms with van der Waals surface area (Å²) in [6.45, 7) is 5.88. The first-order valence-electron chi connectivity index (χ1n) is 20.2. The van der Waals surface area contributed by atoms with Gasteiger partial charge in [-0.15, -0.1) is 0 Å². The summed E-state index contributed by atoms with van der Waals surface area (Å²) in [5.41, 5.74) is 4.16. The van der Waals surface area contributed by atoms with Crippen molar-refractivity contribution in [2.75, 3.05) is 13.2 Å². The van der Waals surface area contributed by atoms with E-state index in [4.69, 9.17) is 18.9 Å². The molecular formula is C50H58O4. The van der Waals surface area contributed by atoms with E-state index in [-0.39, 0.29) is 0 Å². The molecule has 0 saturated carbocycles. The molecule has 0 bridgehead atoms. The lowest BCUT2D eigenvalue weighted by atomic mass is 10.0. The lowest BCUT2D eigenvalue weighted by molar-refractivity contribution is 0.295. The van der Waals surface area contributed by atoms with Gasteiger partial charge < -0.3 is 18.9 Å². The molecule has 4 heteroatoms. The highest BCUT2D eigenvalue weighted by atomic mass is 16.5. The summed E-state index contributed by atoms with van der Waals surface area (Å²) in [5.74, 6) is 4.99. The second kappa shape index (κ2) is 23.4. The molecule has 0 aromatic heterocycles. The van der Waals surface area contributed by atoms with Crippen LogP contribution in [0.25, 0.3) is 24.3 Å². The van der Waals surface area contributed by atoms with Gasteiger partial charge in [0, 0.05) is 11.1 Å². The SMILES string of the molecule is CCCCCCCCOc1cc(/C=C/c2ccc(Oc3ccccc3)cc2)c(OCCCCCCCC)cc1/C=C/c1ccc(Oc2ccccc2)cc1. The maximum atomic E-state index is 6.54. The summed E-state index contributed by atoms with van der Waals surface area (Å²) < 4.78 is 25.1. The van der Waals surface area contributed by atoms with Crippen LogP contribution in [-0.2, 0) is 0 Å². The highest BCUT2D eigenvalue weighted by Gasteiger charge is 2.11. The van der Waals surface area contributed by atoms with Crippen LogP contribution in [0.2, 0.25) is 0 Å². The van der Waals surface area contributed by atoms with E-state index in [2.05, 4.69) is 74.5 Å². The number of hydrogen-bond acceptors (Lipinski definition) is 4. The maximum absolute atomic E-state index is 6.54. The fourth-order valence-corrected chi connectivity index (χ4v) is 6.15.